The molecule has 1 aromatic rings. The molecule has 8 heteroatoms. The fourth-order valence-electron chi connectivity index (χ4n) is 1.52. The third-order valence-corrected chi connectivity index (χ3v) is 4.97. The van der Waals surface area contributed by atoms with E-state index in [1.807, 2.05) is 0 Å². The molecule has 0 aliphatic carbocycles. The number of aryl methyl sites for hydroxylation is 1. The highest BCUT2D eigenvalue weighted by molar-refractivity contribution is 9.10. The van der Waals surface area contributed by atoms with Gasteiger partial charge in [-0.25, -0.2) is 13.1 Å². The van der Waals surface area contributed by atoms with Gasteiger partial charge in [0, 0.05) is 17.4 Å². The van der Waals surface area contributed by atoms with Crippen LogP contribution in [-0.2, 0) is 10.0 Å². The van der Waals surface area contributed by atoms with E-state index in [9.17, 15) is 21.6 Å². The van der Waals surface area contributed by atoms with Crippen molar-refractivity contribution in [3.05, 3.63) is 28.2 Å². The maximum atomic E-state index is 11.9. The third kappa shape index (κ3) is 5.80. The van der Waals surface area contributed by atoms with Crippen molar-refractivity contribution in [1.29, 1.82) is 0 Å². The fourth-order valence-corrected chi connectivity index (χ4v) is 2.93. The van der Waals surface area contributed by atoms with Gasteiger partial charge in [0.2, 0.25) is 10.0 Å². The molecule has 0 aliphatic rings. The Balaban J connectivity index is 2.52. The molecule has 20 heavy (non-hydrogen) atoms. The van der Waals surface area contributed by atoms with Crippen LogP contribution in [-0.4, -0.2) is 21.1 Å². The first-order valence-corrected chi connectivity index (χ1v) is 8.22. The molecule has 0 spiro atoms. The number of rotatable bonds is 6. The van der Waals surface area contributed by atoms with Crippen molar-refractivity contribution in [3.8, 4) is 0 Å². The third-order valence-electron chi connectivity index (χ3n) is 2.62. The van der Waals surface area contributed by atoms with Gasteiger partial charge in [-0.05, 0) is 43.5 Å². The van der Waals surface area contributed by atoms with Crippen LogP contribution in [0.15, 0.2) is 27.6 Å². The van der Waals surface area contributed by atoms with Crippen LogP contribution in [0.5, 0.6) is 0 Å². The van der Waals surface area contributed by atoms with E-state index in [1.54, 1.807) is 13.0 Å². The molecule has 0 atom stereocenters. The predicted octanol–water partition coefficient (Wildman–Crippen LogP) is 3.77. The van der Waals surface area contributed by atoms with E-state index in [-0.39, 0.29) is 24.3 Å². The molecule has 114 valence electrons. The second-order valence-corrected chi connectivity index (χ2v) is 7.00. The lowest BCUT2D eigenvalue weighted by molar-refractivity contribution is -0.135. The van der Waals surface area contributed by atoms with Gasteiger partial charge in [0.1, 0.15) is 0 Å². The molecule has 0 radical (unpaired) electrons. The van der Waals surface area contributed by atoms with Crippen LogP contribution >= 0.6 is 15.9 Å². The fraction of sp³-hybridized carbons (Fsp3) is 0.500. The largest absolute Gasteiger partial charge is 0.389 e. The molecule has 0 bridgehead atoms. The van der Waals surface area contributed by atoms with Gasteiger partial charge in [-0.15, -0.1) is 0 Å². The first-order chi connectivity index (χ1) is 9.12. The number of nitrogens with one attached hydrogen (secondary N) is 1. The maximum absolute atomic E-state index is 11.9. The van der Waals surface area contributed by atoms with Crippen LogP contribution in [0, 0.1) is 6.92 Å². The molecule has 0 aliphatic heterocycles. The molecule has 0 heterocycles. The highest BCUT2D eigenvalue weighted by Gasteiger charge is 2.26. The summed E-state index contributed by atoms with van der Waals surface area (Å²) in [7, 11) is -3.67. The minimum atomic E-state index is -4.19. The van der Waals surface area contributed by atoms with Crippen LogP contribution in [0.2, 0.25) is 0 Å². The second-order valence-electron chi connectivity index (χ2n) is 4.38. The number of benzene rings is 1. The SMILES string of the molecule is Cc1cc(S(=O)(=O)NCCCCC(F)(F)F)ccc1Br. The number of alkyl halides is 3. The lowest BCUT2D eigenvalue weighted by Gasteiger charge is -2.09. The van der Waals surface area contributed by atoms with E-state index in [0.29, 0.717) is 0 Å². The molecule has 0 aromatic heterocycles. The van der Waals surface area contributed by atoms with Crippen molar-refractivity contribution in [2.24, 2.45) is 0 Å². The molecular weight excluding hydrogens is 359 g/mol. The van der Waals surface area contributed by atoms with E-state index in [4.69, 9.17) is 0 Å². The Morgan fingerprint density at radius 2 is 1.90 bits per heavy atom. The van der Waals surface area contributed by atoms with E-state index in [2.05, 4.69) is 20.7 Å². The summed E-state index contributed by atoms with van der Waals surface area (Å²) >= 11 is 3.27. The number of unbranched alkanes of at least 4 members (excludes halogenated alkanes) is 1. The van der Waals surface area contributed by atoms with Crippen LogP contribution < -0.4 is 4.72 Å². The van der Waals surface area contributed by atoms with Crippen LogP contribution in [0.3, 0.4) is 0 Å². The van der Waals surface area contributed by atoms with Gasteiger partial charge in [0.25, 0.3) is 0 Å². The summed E-state index contributed by atoms with van der Waals surface area (Å²) in [5.41, 5.74) is 0.768. The first kappa shape index (κ1) is 17.5. The molecule has 0 saturated heterocycles. The molecule has 0 amide bonds. The van der Waals surface area contributed by atoms with Gasteiger partial charge in [-0.2, -0.15) is 13.2 Å². The number of halogens is 4. The van der Waals surface area contributed by atoms with E-state index in [1.165, 1.54) is 12.1 Å². The lowest BCUT2D eigenvalue weighted by atomic mass is 10.2. The van der Waals surface area contributed by atoms with Gasteiger partial charge in [0.15, 0.2) is 0 Å². The summed E-state index contributed by atoms with van der Waals surface area (Å²) < 4.78 is 62.7. The van der Waals surface area contributed by atoms with Crippen molar-refractivity contribution < 1.29 is 21.6 Å². The van der Waals surface area contributed by atoms with Crippen molar-refractivity contribution in [2.45, 2.75) is 37.3 Å². The zero-order chi connectivity index (χ0) is 15.4. The Kier molecular flexibility index (Phi) is 6.03. The van der Waals surface area contributed by atoms with E-state index in [0.717, 1.165) is 10.0 Å². The van der Waals surface area contributed by atoms with Gasteiger partial charge >= 0.3 is 6.18 Å². The summed E-state index contributed by atoms with van der Waals surface area (Å²) in [4.78, 5) is 0.106. The smallest absolute Gasteiger partial charge is 0.211 e. The van der Waals surface area contributed by atoms with Crippen LogP contribution in [0.25, 0.3) is 0 Å². The zero-order valence-electron chi connectivity index (χ0n) is 10.8. The van der Waals surface area contributed by atoms with Crippen LogP contribution in [0.4, 0.5) is 13.2 Å². The number of hydrogen-bond acceptors (Lipinski definition) is 2. The molecule has 0 fully saturated rings. The lowest BCUT2D eigenvalue weighted by Crippen LogP contribution is -2.25. The van der Waals surface area contributed by atoms with Gasteiger partial charge < -0.3 is 0 Å². The standard InChI is InChI=1S/C12H15BrF3NO2S/c1-9-8-10(4-5-11(9)13)20(18,19)17-7-3-2-6-12(14,15)16/h4-5,8,17H,2-3,6-7H2,1H3. The summed E-state index contributed by atoms with van der Waals surface area (Å²) in [6.45, 7) is 1.75. The normalized spacial score (nSPS) is 12.7. The average Bonchev–Trinajstić information content (AvgIpc) is 2.30. The molecule has 0 saturated carbocycles. The Labute approximate surface area is 124 Å². The van der Waals surface area contributed by atoms with Gasteiger partial charge in [-0.1, -0.05) is 15.9 Å². The molecular formula is C12H15BrF3NO2S. The summed E-state index contributed by atoms with van der Waals surface area (Å²) in [5, 5.41) is 0. The molecule has 1 rings (SSSR count). The number of hydrogen-bond donors (Lipinski definition) is 1. The quantitative estimate of drug-likeness (QED) is 0.771. The van der Waals surface area contributed by atoms with Crippen LogP contribution in [0.1, 0.15) is 24.8 Å². The highest BCUT2D eigenvalue weighted by Crippen LogP contribution is 2.22. The van der Waals surface area contributed by atoms with Crippen molar-refractivity contribution in [2.75, 3.05) is 6.54 Å². The minimum Gasteiger partial charge on any atom is -0.211 e. The molecule has 0 unspecified atom stereocenters. The Hall–Kier alpha value is -0.600. The summed E-state index contributed by atoms with van der Waals surface area (Å²) in [6, 6.07) is 4.56. The average molecular weight is 374 g/mol. The minimum absolute atomic E-state index is 0.00642. The molecule has 1 aromatic carbocycles. The summed E-state index contributed by atoms with van der Waals surface area (Å²) in [5.74, 6) is 0. The molecule has 3 nitrogen and oxygen atoms in total. The predicted molar refractivity (Wildman–Crippen MR) is 74.0 cm³/mol. The summed E-state index contributed by atoms with van der Waals surface area (Å²) in [6.07, 6.45) is -5.03. The Morgan fingerprint density at radius 3 is 2.45 bits per heavy atom. The zero-order valence-corrected chi connectivity index (χ0v) is 13.2. The second kappa shape index (κ2) is 6.91. The Bertz CT molecular complexity index is 558. The molecule has 1 N–H and O–H groups in total. The van der Waals surface area contributed by atoms with Gasteiger partial charge in [-0.3, -0.25) is 0 Å². The maximum Gasteiger partial charge on any atom is 0.389 e. The number of sulfonamides is 1. The monoisotopic (exact) mass is 373 g/mol. The van der Waals surface area contributed by atoms with E-state index >= 15 is 0 Å². The van der Waals surface area contributed by atoms with Crippen molar-refractivity contribution in [3.63, 3.8) is 0 Å². The van der Waals surface area contributed by atoms with Crippen molar-refractivity contribution in [1.82, 2.24) is 4.72 Å². The Morgan fingerprint density at radius 1 is 1.25 bits per heavy atom. The van der Waals surface area contributed by atoms with Crippen molar-refractivity contribution >= 4 is 26.0 Å². The van der Waals surface area contributed by atoms with Gasteiger partial charge in [0.05, 0.1) is 4.90 Å². The first-order valence-electron chi connectivity index (χ1n) is 5.94. The van der Waals surface area contributed by atoms with E-state index < -0.39 is 22.6 Å². The highest BCUT2D eigenvalue weighted by atomic mass is 79.9. The topological polar surface area (TPSA) is 46.2 Å².